The maximum absolute atomic E-state index is 10.4. The van der Waals surface area contributed by atoms with Crippen LogP contribution in [0.2, 0.25) is 0 Å². The fourth-order valence-corrected chi connectivity index (χ4v) is 4.73. The van der Waals surface area contributed by atoms with E-state index >= 15 is 0 Å². The first-order valence-electron chi connectivity index (χ1n) is 11.2. The van der Waals surface area contributed by atoms with Gasteiger partial charge in [0, 0.05) is 13.2 Å². The molecule has 2 unspecified atom stereocenters. The Kier molecular flexibility index (Phi) is 11.1. The normalized spacial score (nSPS) is 24.7. The van der Waals surface area contributed by atoms with Crippen LogP contribution >= 0.6 is 0 Å². The second-order valence-corrected chi connectivity index (χ2v) is 8.53. The molecule has 2 rings (SSSR count). The molecule has 0 amide bonds. The average Bonchev–Trinajstić information content (AvgIpc) is 2.53. The van der Waals surface area contributed by atoms with Gasteiger partial charge in [-0.25, -0.2) is 0 Å². The summed E-state index contributed by atoms with van der Waals surface area (Å²) in [7, 11) is 0. The summed E-state index contributed by atoms with van der Waals surface area (Å²) in [4.78, 5) is 0. The molecule has 0 aliphatic heterocycles. The van der Waals surface area contributed by atoms with E-state index in [1.807, 2.05) is 0 Å². The zero-order valence-corrected chi connectivity index (χ0v) is 16.3. The number of aliphatic hydroxyl groups excluding tert-OH is 2. The Bertz CT molecular complexity index is 274. The first kappa shape index (κ1) is 21.2. The predicted octanol–water partition coefficient (Wildman–Crippen LogP) is 5.23. The van der Waals surface area contributed by atoms with Crippen LogP contribution in [0.4, 0.5) is 0 Å². The zero-order valence-electron chi connectivity index (χ0n) is 16.3. The quantitative estimate of drug-likeness (QED) is 0.587. The third-order valence-electron chi connectivity index (χ3n) is 6.50. The summed E-state index contributed by atoms with van der Waals surface area (Å²) in [6.45, 7) is 1.27. The molecule has 2 aliphatic rings. The van der Waals surface area contributed by atoms with Crippen molar-refractivity contribution in [3.63, 3.8) is 0 Å². The van der Waals surface area contributed by atoms with Gasteiger partial charge in [0.15, 0.2) is 0 Å². The maximum Gasteiger partial charge on any atom is 0.0590 e. The van der Waals surface area contributed by atoms with E-state index < -0.39 is 0 Å². The van der Waals surface area contributed by atoms with Crippen molar-refractivity contribution in [3.8, 4) is 0 Å². The number of hydrogen-bond donors (Lipinski definition) is 2. The first-order chi connectivity index (χ1) is 12.3. The summed E-state index contributed by atoms with van der Waals surface area (Å²) in [6, 6.07) is 0. The monoisotopic (exact) mass is 354 g/mol. The third kappa shape index (κ3) is 8.88. The van der Waals surface area contributed by atoms with Crippen LogP contribution in [0.3, 0.4) is 0 Å². The predicted molar refractivity (Wildman–Crippen MR) is 104 cm³/mol. The van der Waals surface area contributed by atoms with Crippen LogP contribution in [-0.4, -0.2) is 35.6 Å². The molecule has 0 aromatic heterocycles. The van der Waals surface area contributed by atoms with Crippen molar-refractivity contribution in [2.45, 2.75) is 115 Å². The molecule has 2 fully saturated rings. The molecule has 0 bridgehead atoms. The van der Waals surface area contributed by atoms with E-state index in [9.17, 15) is 10.2 Å². The highest BCUT2D eigenvalue weighted by Gasteiger charge is 2.21. The molecule has 0 aromatic carbocycles. The lowest BCUT2D eigenvalue weighted by Gasteiger charge is -2.26. The molecule has 2 N–H and O–H groups in total. The van der Waals surface area contributed by atoms with Crippen molar-refractivity contribution in [3.05, 3.63) is 0 Å². The highest BCUT2D eigenvalue weighted by atomic mass is 16.5. The Labute approximate surface area is 155 Å². The van der Waals surface area contributed by atoms with Crippen LogP contribution in [0, 0.1) is 11.8 Å². The van der Waals surface area contributed by atoms with Gasteiger partial charge in [-0.2, -0.15) is 0 Å². The molecule has 148 valence electrons. The fourth-order valence-electron chi connectivity index (χ4n) is 4.73. The highest BCUT2D eigenvalue weighted by molar-refractivity contribution is 4.73. The zero-order chi connectivity index (χ0) is 17.7. The van der Waals surface area contributed by atoms with Gasteiger partial charge in [-0.15, -0.1) is 0 Å². The first-order valence-corrected chi connectivity index (χ1v) is 11.2. The minimum Gasteiger partial charge on any atom is -0.393 e. The molecule has 2 aliphatic carbocycles. The Morgan fingerprint density at radius 1 is 0.560 bits per heavy atom. The fraction of sp³-hybridized carbons (Fsp3) is 1.00. The lowest BCUT2D eigenvalue weighted by Crippen LogP contribution is -2.25. The summed E-state index contributed by atoms with van der Waals surface area (Å²) in [6.07, 6.45) is 19.0. The van der Waals surface area contributed by atoms with Crippen LogP contribution in [0.15, 0.2) is 0 Å². The Hall–Kier alpha value is -0.120. The van der Waals surface area contributed by atoms with Crippen LogP contribution in [0.5, 0.6) is 0 Å². The second-order valence-electron chi connectivity index (χ2n) is 8.53. The molecule has 25 heavy (non-hydrogen) atoms. The van der Waals surface area contributed by atoms with Gasteiger partial charge in [-0.3, -0.25) is 0 Å². The van der Waals surface area contributed by atoms with Gasteiger partial charge in [0.05, 0.1) is 12.2 Å². The second kappa shape index (κ2) is 13.1. The van der Waals surface area contributed by atoms with Crippen LogP contribution in [0.1, 0.15) is 103 Å². The molecule has 2 atom stereocenters. The van der Waals surface area contributed by atoms with Gasteiger partial charge in [0.1, 0.15) is 0 Å². The lowest BCUT2D eigenvalue weighted by molar-refractivity contribution is 0.0189. The molecule has 0 radical (unpaired) electrons. The molecule has 0 heterocycles. The smallest absolute Gasteiger partial charge is 0.0590 e. The van der Waals surface area contributed by atoms with E-state index in [1.54, 1.807) is 0 Å². The lowest BCUT2D eigenvalue weighted by atomic mass is 9.86. The van der Waals surface area contributed by atoms with Gasteiger partial charge in [0.25, 0.3) is 0 Å². The van der Waals surface area contributed by atoms with E-state index in [1.165, 1.54) is 89.9 Å². The van der Waals surface area contributed by atoms with E-state index in [0.29, 0.717) is 25.0 Å². The van der Waals surface area contributed by atoms with E-state index in [0.717, 1.165) is 12.8 Å². The SMILES string of the molecule is OC(CCOCCC(O)C1CCCCCCC1)C1CCCCCCC1. The van der Waals surface area contributed by atoms with Gasteiger partial charge in [-0.05, 0) is 50.4 Å². The molecule has 3 nitrogen and oxygen atoms in total. The van der Waals surface area contributed by atoms with Gasteiger partial charge >= 0.3 is 0 Å². The number of aliphatic hydroxyl groups is 2. The Morgan fingerprint density at radius 2 is 0.880 bits per heavy atom. The van der Waals surface area contributed by atoms with Crippen molar-refractivity contribution in [1.29, 1.82) is 0 Å². The van der Waals surface area contributed by atoms with Crippen LogP contribution < -0.4 is 0 Å². The van der Waals surface area contributed by atoms with Crippen molar-refractivity contribution < 1.29 is 14.9 Å². The molecule has 0 aromatic rings. The van der Waals surface area contributed by atoms with Crippen molar-refractivity contribution in [2.75, 3.05) is 13.2 Å². The van der Waals surface area contributed by atoms with Crippen LogP contribution in [0.25, 0.3) is 0 Å². The van der Waals surface area contributed by atoms with Gasteiger partial charge in [0.2, 0.25) is 0 Å². The third-order valence-corrected chi connectivity index (χ3v) is 6.50. The number of ether oxygens (including phenoxy) is 1. The number of hydrogen-bond acceptors (Lipinski definition) is 3. The summed E-state index contributed by atoms with van der Waals surface area (Å²) >= 11 is 0. The van der Waals surface area contributed by atoms with Crippen LogP contribution in [-0.2, 0) is 4.74 Å². The summed E-state index contributed by atoms with van der Waals surface area (Å²) in [5.41, 5.74) is 0. The van der Waals surface area contributed by atoms with Gasteiger partial charge < -0.3 is 14.9 Å². The van der Waals surface area contributed by atoms with E-state index in [4.69, 9.17) is 4.74 Å². The summed E-state index contributed by atoms with van der Waals surface area (Å²) < 4.78 is 5.75. The topological polar surface area (TPSA) is 49.7 Å². The van der Waals surface area contributed by atoms with Crippen molar-refractivity contribution in [2.24, 2.45) is 11.8 Å². The summed E-state index contributed by atoms with van der Waals surface area (Å²) in [5.74, 6) is 0.953. The van der Waals surface area contributed by atoms with E-state index in [-0.39, 0.29) is 12.2 Å². The summed E-state index contributed by atoms with van der Waals surface area (Å²) in [5, 5.41) is 20.9. The molecule has 2 saturated carbocycles. The molecule has 0 spiro atoms. The Balaban J connectivity index is 1.54. The molecule has 0 saturated heterocycles. The van der Waals surface area contributed by atoms with Crippen molar-refractivity contribution >= 4 is 0 Å². The van der Waals surface area contributed by atoms with E-state index in [2.05, 4.69) is 0 Å². The highest BCUT2D eigenvalue weighted by Crippen LogP contribution is 2.27. The largest absolute Gasteiger partial charge is 0.393 e. The number of rotatable bonds is 8. The molecule has 3 heteroatoms. The van der Waals surface area contributed by atoms with Crippen molar-refractivity contribution in [1.82, 2.24) is 0 Å². The maximum atomic E-state index is 10.4. The minimum absolute atomic E-state index is 0.200. The molecular formula is C22H42O3. The molecular weight excluding hydrogens is 312 g/mol. The average molecular weight is 355 g/mol. The minimum atomic E-state index is -0.200. The Morgan fingerprint density at radius 3 is 1.24 bits per heavy atom. The van der Waals surface area contributed by atoms with Gasteiger partial charge in [-0.1, -0.05) is 64.2 Å². The standard InChI is InChI=1S/C22H42O3/c23-21(19-11-7-3-1-4-8-12-19)15-17-25-18-16-22(24)20-13-9-5-2-6-10-14-20/h19-24H,1-18H2.